The van der Waals surface area contributed by atoms with Crippen LogP contribution in [0.5, 0.6) is 0 Å². The lowest BCUT2D eigenvalue weighted by Crippen LogP contribution is -2.52. The Kier molecular flexibility index (Phi) is 5.87. The average Bonchev–Trinajstić information content (AvgIpc) is 3.41. The molecule has 2 bridgehead atoms. The molecule has 35 heavy (non-hydrogen) atoms. The molecule has 3 atom stereocenters. The van der Waals surface area contributed by atoms with Gasteiger partial charge in [-0.15, -0.1) is 0 Å². The minimum atomic E-state index is -0.0658. The standard InChI is InChI=1S/C30H36ClN3O/c1-18-7-9-21(10-8-18)17-34-26(22-11-12-24(31)19(2)15-22)20(3)25(33-34)27(35)32-28-29(4,5)23-13-14-30(28,6)16-23/h7-12,15,23,28H,13-14,16-17H2,1-6H3,(H,32,35)/t23?,28?,30-/m0/s1. The third-order valence-electron chi connectivity index (χ3n) is 8.83. The molecule has 0 spiro atoms. The van der Waals surface area contributed by atoms with Gasteiger partial charge in [-0.3, -0.25) is 9.48 Å². The molecule has 0 saturated heterocycles. The van der Waals surface area contributed by atoms with Crippen LogP contribution in [0.1, 0.15) is 72.8 Å². The number of amides is 1. The van der Waals surface area contributed by atoms with Gasteiger partial charge < -0.3 is 5.32 Å². The number of benzene rings is 2. The zero-order chi connectivity index (χ0) is 25.1. The van der Waals surface area contributed by atoms with Gasteiger partial charge in [-0.05, 0) is 80.0 Å². The van der Waals surface area contributed by atoms with Crippen LogP contribution < -0.4 is 5.32 Å². The summed E-state index contributed by atoms with van der Waals surface area (Å²) in [6, 6.07) is 14.7. The molecule has 3 aromatic rings. The van der Waals surface area contributed by atoms with Gasteiger partial charge in [0.1, 0.15) is 0 Å². The molecule has 2 unspecified atom stereocenters. The van der Waals surface area contributed by atoms with E-state index in [9.17, 15) is 4.79 Å². The van der Waals surface area contributed by atoms with Crippen LogP contribution in [0, 0.1) is 37.5 Å². The molecule has 2 saturated carbocycles. The Morgan fingerprint density at radius 1 is 1.11 bits per heavy atom. The predicted octanol–water partition coefficient (Wildman–Crippen LogP) is 7.12. The molecule has 2 aliphatic carbocycles. The summed E-state index contributed by atoms with van der Waals surface area (Å²) in [5.41, 5.74) is 7.05. The highest BCUT2D eigenvalue weighted by Gasteiger charge is 2.59. The third-order valence-corrected chi connectivity index (χ3v) is 9.26. The first-order chi connectivity index (χ1) is 16.5. The first kappa shape index (κ1) is 24.1. The number of aryl methyl sites for hydroxylation is 2. The summed E-state index contributed by atoms with van der Waals surface area (Å²) in [7, 11) is 0. The molecule has 4 nitrogen and oxygen atoms in total. The van der Waals surface area contributed by atoms with E-state index in [0.29, 0.717) is 18.2 Å². The Morgan fingerprint density at radius 3 is 2.46 bits per heavy atom. The summed E-state index contributed by atoms with van der Waals surface area (Å²) < 4.78 is 1.98. The Hall–Kier alpha value is -2.59. The van der Waals surface area contributed by atoms with E-state index >= 15 is 0 Å². The topological polar surface area (TPSA) is 46.9 Å². The van der Waals surface area contributed by atoms with Crippen molar-refractivity contribution in [3.8, 4) is 11.3 Å². The van der Waals surface area contributed by atoms with Gasteiger partial charge in [0, 0.05) is 22.2 Å². The molecule has 1 amide bonds. The van der Waals surface area contributed by atoms with E-state index in [1.54, 1.807) is 0 Å². The second kappa shape index (κ2) is 8.51. The van der Waals surface area contributed by atoms with Crippen LogP contribution in [0.4, 0.5) is 0 Å². The lowest BCUT2D eigenvalue weighted by Gasteiger charge is -2.43. The van der Waals surface area contributed by atoms with Gasteiger partial charge in [0.2, 0.25) is 0 Å². The van der Waals surface area contributed by atoms with Crippen LogP contribution in [0.3, 0.4) is 0 Å². The van der Waals surface area contributed by atoms with Crippen LogP contribution in [-0.2, 0) is 6.54 Å². The summed E-state index contributed by atoms with van der Waals surface area (Å²) in [5, 5.41) is 9.09. The highest BCUT2D eigenvalue weighted by Crippen LogP contribution is 2.62. The summed E-state index contributed by atoms with van der Waals surface area (Å²) in [5.74, 6) is 0.606. The molecule has 1 heterocycles. The van der Waals surface area contributed by atoms with E-state index in [4.69, 9.17) is 16.7 Å². The molecule has 1 N–H and O–H groups in total. The highest BCUT2D eigenvalue weighted by molar-refractivity contribution is 6.31. The largest absolute Gasteiger partial charge is 0.347 e. The Bertz CT molecular complexity index is 1280. The summed E-state index contributed by atoms with van der Waals surface area (Å²) in [6.07, 6.45) is 3.64. The van der Waals surface area contributed by atoms with E-state index in [1.165, 1.54) is 24.8 Å². The molecule has 5 heteroatoms. The Balaban J connectivity index is 1.53. The molecule has 5 rings (SSSR count). The smallest absolute Gasteiger partial charge is 0.272 e. The number of hydrogen-bond donors (Lipinski definition) is 1. The van der Waals surface area contributed by atoms with Gasteiger partial charge in [-0.25, -0.2) is 0 Å². The van der Waals surface area contributed by atoms with E-state index in [2.05, 4.69) is 63.3 Å². The zero-order valence-corrected chi connectivity index (χ0v) is 22.5. The maximum Gasteiger partial charge on any atom is 0.272 e. The molecular weight excluding hydrogens is 454 g/mol. The summed E-state index contributed by atoms with van der Waals surface area (Å²) in [4.78, 5) is 13.7. The van der Waals surface area contributed by atoms with Crippen LogP contribution >= 0.6 is 11.6 Å². The molecule has 184 valence electrons. The van der Waals surface area contributed by atoms with Gasteiger partial charge in [-0.2, -0.15) is 5.10 Å². The average molecular weight is 490 g/mol. The second-order valence-corrected chi connectivity index (χ2v) is 12.2. The molecule has 2 aromatic carbocycles. The normalized spacial score (nSPS) is 24.7. The second-order valence-electron chi connectivity index (χ2n) is 11.8. The fraction of sp³-hybridized carbons (Fsp3) is 0.467. The third kappa shape index (κ3) is 4.10. The number of halogens is 1. The number of hydrogen-bond acceptors (Lipinski definition) is 2. The van der Waals surface area contributed by atoms with Crippen LogP contribution in [-0.4, -0.2) is 21.7 Å². The van der Waals surface area contributed by atoms with E-state index < -0.39 is 0 Å². The summed E-state index contributed by atoms with van der Waals surface area (Å²) in [6.45, 7) is 13.7. The minimum absolute atomic E-state index is 0.0658. The fourth-order valence-corrected chi connectivity index (χ4v) is 6.88. The molecule has 0 aliphatic heterocycles. The molecule has 1 aromatic heterocycles. The first-order valence-corrected chi connectivity index (χ1v) is 13.1. The van der Waals surface area contributed by atoms with E-state index in [1.807, 2.05) is 30.7 Å². The molecule has 2 aliphatic rings. The van der Waals surface area contributed by atoms with Crippen molar-refractivity contribution in [1.29, 1.82) is 0 Å². The lowest BCUT2D eigenvalue weighted by atomic mass is 9.68. The van der Waals surface area contributed by atoms with Crippen molar-refractivity contribution < 1.29 is 4.79 Å². The van der Waals surface area contributed by atoms with Gasteiger partial charge in [0.05, 0.1) is 12.2 Å². The summed E-state index contributed by atoms with van der Waals surface area (Å²) >= 11 is 6.33. The van der Waals surface area contributed by atoms with Crippen molar-refractivity contribution in [2.24, 2.45) is 16.7 Å². The molecular formula is C30H36ClN3O. The Labute approximate surface area is 214 Å². The van der Waals surface area contributed by atoms with Crippen molar-refractivity contribution in [3.05, 3.63) is 75.4 Å². The predicted molar refractivity (Wildman–Crippen MR) is 143 cm³/mol. The van der Waals surface area contributed by atoms with E-state index in [0.717, 1.165) is 33.0 Å². The maximum atomic E-state index is 13.7. The van der Waals surface area contributed by atoms with Crippen molar-refractivity contribution in [2.75, 3.05) is 0 Å². The molecule has 0 radical (unpaired) electrons. The number of fused-ring (bicyclic) bond motifs is 2. The van der Waals surface area contributed by atoms with Crippen molar-refractivity contribution in [3.63, 3.8) is 0 Å². The van der Waals surface area contributed by atoms with Crippen LogP contribution in [0.25, 0.3) is 11.3 Å². The minimum Gasteiger partial charge on any atom is -0.347 e. The van der Waals surface area contributed by atoms with Crippen molar-refractivity contribution >= 4 is 17.5 Å². The van der Waals surface area contributed by atoms with E-state index in [-0.39, 0.29) is 22.8 Å². The lowest BCUT2D eigenvalue weighted by molar-refractivity contribution is 0.0732. The SMILES string of the molecule is Cc1ccc(Cn2nc(C(=O)NC3C(C)(C)C4CC[C@@]3(C)C4)c(C)c2-c2ccc(Cl)c(C)c2)cc1. The quantitative estimate of drug-likeness (QED) is 0.414. The van der Waals surface area contributed by atoms with Gasteiger partial charge in [0.25, 0.3) is 5.91 Å². The van der Waals surface area contributed by atoms with Crippen molar-refractivity contribution in [2.45, 2.75) is 73.4 Å². The number of carbonyl (C=O) groups excluding carboxylic acids is 1. The number of nitrogens with one attached hydrogen (secondary N) is 1. The number of rotatable bonds is 5. The van der Waals surface area contributed by atoms with Gasteiger partial charge in [0.15, 0.2) is 5.69 Å². The molecule has 2 fully saturated rings. The Morgan fingerprint density at radius 2 is 1.83 bits per heavy atom. The van der Waals surface area contributed by atoms with Crippen molar-refractivity contribution in [1.82, 2.24) is 15.1 Å². The number of nitrogens with zero attached hydrogens (tertiary/aromatic N) is 2. The fourth-order valence-electron chi connectivity index (χ4n) is 6.77. The van der Waals surface area contributed by atoms with Gasteiger partial charge in [-0.1, -0.05) is 68.3 Å². The first-order valence-electron chi connectivity index (χ1n) is 12.7. The maximum absolute atomic E-state index is 13.7. The highest BCUT2D eigenvalue weighted by atomic mass is 35.5. The number of aromatic nitrogens is 2. The van der Waals surface area contributed by atoms with Crippen LogP contribution in [0.15, 0.2) is 42.5 Å². The van der Waals surface area contributed by atoms with Gasteiger partial charge >= 0.3 is 0 Å². The zero-order valence-electron chi connectivity index (χ0n) is 21.7. The van der Waals surface area contributed by atoms with Crippen LogP contribution in [0.2, 0.25) is 5.02 Å². The number of carbonyl (C=O) groups is 1. The monoisotopic (exact) mass is 489 g/mol.